The van der Waals surface area contributed by atoms with Gasteiger partial charge in [0, 0.05) is 18.4 Å². The van der Waals surface area contributed by atoms with Crippen LogP contribution in [0.5, 0.6) is 0 Å². The number of halogens is 1. The highest BCUT2D eigenvalue weighted by atomic mass is 79.9. The van der Waals surface area contributed by atoms with Crippen LogP contribution < -0.4 is 11.2 Å². The number of rotatable bonds is 6. The van der Waals surface area contributed by atoms with E-state index in [1.807, 2.05) is 11.1 Å². The molecule has 22 heavy (non-hydrogen) atoms. The smallest absolute Gasteiger partial charge is 0.303 e. The van der Waals surface area contributed by atoms with Gasteiger partial charge in [0.25, 0.3) is 5.56 Å². The fraction of sp³-hybridized carbons (Fsp3) is 0.200. The molecule has 0 atom stereocenters. The van der Waals surface area contributed by atoms with Crippen LogP contribution in [0.25, 0.3) is 0 Å². The van der Waals surface area contributed by atoms with Crippen LogP contribution >= 0.6 is 15.9 Å². The van der Waals surface area contributed by atoms with Gasteiger partial charge in [-0.05, 0) is 28.9 Å². The second-order valence-electron chi connectivity index (χ2n) is 4.45. The predicted molar refractivity (Wildman–Crippen MR) is 86.6 cm³/mol. The molecule has 0 aliphatic carbocycles. The number of carbonyl (C=O) groups excluding carboxylic acids is 1. The van der Waals surface area contributed by atoms with E-state index in [0.29, 0.717) is 12.0 Å². The number of Topliss-reactive ketones (excluding diaryl/α,β-unsaturated/α-hetero) is 1. The number of nitrogens with zero attached hydrogens (tertiary/aromatic N) is 1. The predicted octanol–water partition coefficient (Wildman–Crippen LogP) is 2.37. The Kier molecular flexibility index (Phi) is 6.47. The summed E-state index contributed by atoms with van der Waals surface area (Å²) in [5.41, 5.74) is -0.217. The van der Waals surface area contributed by atoms with Crippen molar-refractivity contribution in [2.24, 2.45) is 0 Å². The number of aromatic amines is 2. The minimum atomic E-state index is -0.741. The fourth-order valence-corrected chi connectivity index (χ4v) is 2.06. The molecule has 0 saturated carbocycles. The highest BCUT2D eigenvalue weighted by Gasteiger charge is 2.13. The Labute approximate surface area is 135 Å². The molecular formula is C15H14BrN3O3. The van der Waals surface area contributed by atoms with Gasteiger partial charge in [-0.2, -0.15) is 5.26 Å². The van der Waals surface area contributed by atoms with Crippen LogP contribution in [0.4, 0.5) is 0 Å². The number of H-pyrrole nitrogens is 2. The summed E-state index contributed by atoms with van der Waals surface area (Å²) in [7, 11) is 0. The molecule has 0 amide bonds. The van der Waals surface area contributed by atoms with E-state index < -0.39 is 17.0 Å². The average Bonchev–Trinajstić information content (AvgIpc) is 2.47. The maximum absolute atomic E-state index is 12.1. The summed E-state index contributed by atoms with van der Waals surface area (Å²) in [6, 6.07) is 2.04. The van der Waals surface area contributed by atoms with Crippen molar-refractivity contribution in [2.45, 2.75) is 19.8 Å². The van der Waals surface area contributed by atoms with E-state index in [2.05, 4.69) is 27.5 Å². The van der Waals surface area contributed by atoms with Gasteiger partial charge in [-0.25, -0.2) is 4.79 Å². The molecule has 0 aliphatic rings. The fourth-order valence-electron chi connectivity index (χ4n) is 1.65. The van der Waals surface area contributed by atoms with Crippen molar-refractivity contribution in [3.8, 4) is 6.07 Å². The van der Waals surface area contributed by atoms with Gasteiger partial charge in [0.05, 0.1) is 6.07 Å². The zero-order valence-electron chi connectivity index (χ0n) is 11.9. The lowest BCUT2D eigenvalue weighted by molar-refractivity contribution is 0.0989. The maximum Gasteiger partial charge on any atom is 0.326 e. The molecule has 0 bridgehead atoms. The molecule has 1 aromatic rings. The lowest BCUT2D eigenvalue weighted by Gasteiger charge is -2.01. The van der Waals surface area contributed by atoms with Crippen LogP contribution in [0.1, 0.15) is 30.3 Å². The van der Waals surface area contributed by atoms with Crippen LogP contribution in [0.15, 0.2) is 50.0 Å². The van der Waals surface area contributed by atoms with Crippen molar-refractivity contribution in [3.63, 3.8) is 0 Å². The number of hydrogen-bond donors (Lipinski definition) is 2. The van der Waals surface area contributed by atoms with Gasteiger partial charge in [0.15, 0.2) is 5.78 Å². The van der Waals surface area contributed by atoms with Gasteiger partial charge in [0.1, 0.15) is 10.2 Å². The molecule has 1 aromatic heterocycles. The van der Waals surface area contributed by atoms with Crippen molar-refractivity contribution in [3.05, 3.63) is 67.0 Å². The molecular weight excluding hydrogens is 350 g/mol. The number of aromatic nitrogens is 2. The summed E-state index contributed by atoms with van der Waals surface area (Å²) in [5, 5.41) is 8.91. The summed E-state index contributed by atoms with van der Waals surface area (Å²) < 4.78 is -0.0110. The number of carbonyl (C=O) groups is 1. The van der Waals surface area contributed by atoms with E-state index in [-0.39, 0.29) is 16.6 Å². The lowest BCUT2D eigenvalue weighted by Crippen LogP contribution is -2.26. The molecule has 1 heterocycles. The molecule has 7 heteroatoms. The van der Waals surface area contributed by atoms with E-state index >= 15 is 0 Å². The lowest BCUT2D eigenvalue weighted by atomic mass is 10.1. The quantitative estimate of drug-likeness (QED) is 0.350. The normalized spacial score (nSPS) is 11.9. The maximum atomic E-state index is 12.1. The third-order valence-electron chi connectivity index (χ3n) is 2.68. The van der Waals surface area contributed by atoms with Crippen molar-refractivity contribution in [1.29, 1.82) is 5.26 Å². The van der Waals surface area contributed by atoms with Gasteiger partial charge in [0.2, 0.25) is 0 Å². The molecule has 2 N–H and O–H groups in total. The standard InChI is InChI=1S/C15H14BrN3O3/c1-3-4-10(8-17)7-9(2)5-6-11(20)13-12(16)14(21)19-15(22)18-13/h3,5,7H,1,4,6H2,2H3,(H2,18,19,21,22)/b9-5-,10-7+. The second kappa shape index (κ2) is 8.10. The number of nitriles is 1. The first-order chi connectivity index (χ1) is 10.4. The van der Waals surface area contributed by atoms with Crippen LogP contribution in [0, 0.1) is 11.3 Å². The van der Waals surface area contributed by atoms with E-state index in [4.69, 9.17) is 5.26 Å². The summed E-state index contributed by atoms with van der Waals surface area (Å²) in [6.07, 6.45) is 5.33. The summed E-state index contributed by atoms with van der Waals surface area (Å²) in [6.45, 7) is 5.31. The highest BCUT2D eigenvalue weighted by Crippen LogP contribution is 2.12. The summed E-state index contributed by atoms with van der Waals surface area (Å²) in [5.74, 6) is -0.412. The van der Waals surface area contributed by atoms with Crippen molar-refractivity contribution >= 4 is 21.7 Å². The molecule has 0 unspecified atom stereocenters. The van der Waals surface area contributed by atoms with Crippen molar-refractivity contribution < 1.29 is 4.79 Å². The molecule has 0 radical (unpaired) electrons. The van der Waals surface area contributed by atoms with Crippen LogP contribution in [-0.4, -0.2) is 15.8 Å². The Hall–Kier alpha value is -2.46. The zero-order valence-corrected chi connectivity index (χ0v) is 13.5. The molecule has 0 fully saturated rings. The molecule has 0 aliphatic heterocycles. The SMILES string of the molecule is C=CC/C(C#N)=C\C(C)=C/CC(=O)c1[nH]c(=O)[nH]c(=O)c1Br. The average molecular weight is 364 g/mol. The number of hydrogen-bond acceptors (Lipinski definition) is 4. The molecule has 6 nitrogen and oxygen atoms in total. The van der Waals surface area contributed by atoms with Gasteiger partial charge in [-0.3, -0.25) is 14.6 Å². The summed E-state index contributed by atoms with van der Waals surface area (Å²) in [4.78, 5) is 39.0. The molecule has 0 spiro atoms. The Balaban J connectivity index is 2.97. The Morgan fingerprint density at radius 3 is 2.64 bits per heavy atom. The highest BCUT2D eigenvalue weighted by molar-refractivity contribution is 9.10. The first-order valence-electron chi connectivity index (χ1n) is 6.32. The monoisotopic (exact) mass is 363 g/mol. The Morgan fingerprint density at radius 1 is 1.36 bits per heavy atom. The van der Waals surface area contributed by atoms with Crippen molar-refractivity contribution in [1.82, 2.24) is 9.97 Å². The Morgan fingerprint density at radius 2 is 2.05 bits per heavy atom. The summed E-state index contributed by atoms with van der Waals surface area (Å²) >= 11 is 2.97. The van der Waals surface area contributed by atoms with Gasteiger partial charge in [-0.1, -0.05) is 17.7 Å². The van der Waals surface area contributed by atoms with Gasteiger partial charge >= 0.3 is 5.69 Å². The Bertz CT molecular complexity index is 807. The zero-order chi connectivity index (χ0) is 16.7. The van der Waals surface area contributed by atoms with Gasteiger partial charge < -0.3 is 4.98 Å². The van der Waals surface area contributed by atoms with Crippen LogP contribution in [-0.2, 0) is 0 Å². The first-order valence-corrected chi connectivity index (χ1v) is 7.12. The second-order valence-corrected chi connectivity index (χ2v) is 5.24. The number of allylic oxidation sites excluding steroid dienone is 5. The minimum Gasteiger partial charge on any atom is -0.303 e. The van der Waals surface area contributed by atoms with Crippen molar-refractivity contribution in [2.75, 3.05) is 0 Å². The topological polar surface area (TPSA) is 107 Å². The third kappa shape index (κ3) is 4.82. The molecule has 0 aromatic carbocycles. The minimum absolute atomic E-state index is 0.00682. The van der Waals surface area contributed by atoms with E-state index in [9.17, 15) is 14.4 Å². The van der Waals surface area contributed by atoms with Crippen LogP contribution in [0.3, 0.4) is 0 Å². The van der Waals surface area contributed by atoms with E-state index in [1.165, 1.54) is 0 Å². The number of nitrogens with one attached hydrogen (secondary N) is 2. The van der Waals surface area contributed by atoms with Crippen LogP contribution in [0.2, 0.25) is 0 Å². The molecule has 0 saturated heterocycles. The third-order valence-corrected chi connectivity index (χ3v) is 3.44. The van der Waals surface area contributed by atoms with E-state index in [1.54, 1.807) is 25.2 Å². The largest absolute Gasteiger partial charge is 0.326 e. The molecule has 114 valence electrons. The van der Waals surface area contributed by atoms with E-state index in [0.717, 1.165) is 5.57 Å². The number of ketones is 1. The molecule has 1 rings (SSSR count). The first kappa shape index (κ1) is 17.6. The van der Waals surface area contributed by atoms with Gasteiger partial charge in [-0.15, -0.1) is 6.58 Å².